The standard InChI is InChI=1S/C14H24N2O/c1-12-6-5-7-13(10-12)14(2,11-17)15-8-9-16(3)4/h5-7,10,15,17H,8-9,11H2,1-4H3. The van der Waals surface area contributed by atoms with Crippen molar-refractivity contribution in [1.29, 1.82) is 0 Å². The molecule has 1 atom stereocenters. The van der Waals surface area contributed by atoms with Gasteiger partial charge in [-0.3, -0.25) is 0 Å². The normalized spacial score (nSPS) is 14.9. The van der Waals surface area contributed by atoms with E-state index in [-0.39, 0.29) is 12.1 Å². The molecule has 0 heterocycles. The molecule has 0 saturated carbocycles. The minimum atomic E-state index is -0.359. The van der Waals surface area contributed by atoms with Crippen molar-refractivity contribution in [2.45, 2.75) is 19.4 Å². The Labute approximate surface area is 104 Å². The predicted molar refractivity (Wildman–Crippen MR) is 72.2 cm³/mol. The van der Waals surface area contributed by atoms with Crippen molar-refractivity contribution in [1.82, 2.24) is 10.2 Å². The predicted octanol–water partition coefficient (Wildman–Crippen LogP) is 1.35. The molecule has 0 bridgehead atoms. The summed E-state index contributed by atoms with van der Waals surface area (Å²) >= 11 is 0. The van der Waals surface area contributed by atoms with Gasteiger partial charge < -0.3 is 15.3 Å². The molecule has 1 rings (SSSR count). The number of rotatable bonds is 6. The maximum atomic E-state index is 9.62. The average molecular weight is 236 g/mol. The average Bonchev–Trinajstić information content (AvgIpc) is 2.28. The molecule has 0 spiro atoms. The molecule has 1 aromatic carbocycles. The zero-order chi connectivity index (χ0) is 12.9. The lowest BCUT2D eigenvalue weighted by Gasteiger charge is -2.30. The van der Waals surface area contributed by atoms with Gasteiger partial charge in [0.15, 0.2) is 0 Å². The Bertz CT molecular complexity index is 352. The van der Waals surface area contributed by atoms with Crippen LogP contribution in [0.5, 0.6) is 0 Å². The lowest BCUT2D eigenvalue weighted by Crippen LogP contribution is -2.45. The van der Waals surface area contributed by atoms with Crippen LogP contribution in [0.2, 0.25) is 0 Å². The topological polar surface area (TPSA) is 35.5 Å². The largest absolute Gasteiger partial charge is 0.394 e. The van der Waals surface area contributed by atoms with Gasteiger partial charge in [0.2, 0.25) is 0 Å². The highest BCUT2D eigenvalue weighted by Crippen LogP contribution is 2.20. The molecule has 0 radical (unpaired) electrons. The molecular formula is C14H24N2O. The molecule has 3 heteroatoms. The van der Waals surface area contributed by atoms with E-state index in [1.54, 1.807) is 0 Å². The van der Waals surface area contributed by atoms with Crippen LogP contribution >= 0.6 is 0 Å². The third-order valence-corrected chi connectivity index (χ3v) is 3.05. The van der Waals surface area contributed by atoms with Crippen LogP contribution in [0.4, 0.5) is 0 Å². The van der Waals surface area contributed by atoms with Crippen LogP contribution in [0.15, 0.2) is 24.3 Å². The first kappa shape index (κ1) is 14.2. The summed E-state index contributed by atoms with van der Waals surface area (Å²) in [7, 11) is 4.09. The molecule has 3 nitrogen and oxygen atoms in total. The van der Waals surface area contributed by atoms with E-state index in [0.717, 1.165) is 18.7 Å². The molecule has 2 N–H and O–H groups in total. The molecule has 1 aromatic rings. The summed E-state index contributed by atoms with van der Waals surface area (Å²) in [5.74, 6) is 0. The highest BCUT2D eigenvalue weighted by atomic mass is 16.3. The van der Waals surface area contributed by atoms with Crippen LogP contribution in [0.1, 0.15) is 18.1 Å². The Balaban J connectivity index is 2.73. The smallest absolute Gasteiger partial charge is 0.0652 e. The number of aryl methyl sites for hydroxylation is 1. The van der Waals surface area contributed by atoms with Gasteiger partial charge in [-0.15, -0.1) is 0 Å². The fourth-order valence-electron chi connectivity index (χ4n) is 1.79. The van der Waals surface area contributed by atoms with Gasteiger partial charge in [0.25, 0.3) is 0 Å². The SMILES string of the molecule is Cc1cccc(C(C)(CO)NCCN(C)C)c1. The maximum Gasteiger partial charge on any atom is 0.0652 e. The molecule has 0 amide bonds. The molecule has 0 saturated heterocycles. The Hall–Kier alpha value is -0.900. The molecule has 17 heavy (non-hydrogen) atoms. The number of aliphatic hydroxyl groups excluding tert-OH is 1. The van der Waals surface area contributed by atoms with Gasteiger partial charge >= 0.3 is 0 Å². The number of nitrogens with one attached hydrogen (secondary N) is 1. The number of hydrogen-bond acceptors (Lipinski definition) is 3. The first-order chi connectivity index (χ1) is 7.98. The third-order valence-electron chi connectivity index (χ3n) is 3.05. The molecule has 0 aliphatic carbocycles. The quantitative estimate of drug-likeness (QED) is 0.783. The van der Waals surface area contributed by atoms with Gasteiger partial charge in [-0.1, -0.05) is 29.8 Å². The highest BCUT2D eigenvalue weighted by Gasteiger charge is 2.24. The number of aliphatic hydroxyl groups is 1. The molecule has 0 aliphatic rings. The van der Waals surface area contributed by atoms with Crippen molar-refractivity contribution in [2.75, 3.05) is 33.8 Å². The first-order valence-corrected chi connectivity index (χ1v) is 6.06. The van der Waals surface area contributed by atoms with Crippen molar-refractivity contribution in [2.24, 2.45) is 0 Å². The molecule has 0 fully saturated rings. The second kappa shape index (κ2) is 6.15. The minimum Gasteiger partial charge on any atom is -0.394 e. The van der Waals surface area contributed by atoms with Crippen molar-refractivity contribution in [3.05, 3.63) is 35.4 Å². The minimum absolute atomic E-state index is 0.101. The van der Waals surface area contributed by atoms with Gasteiger partial charge in [-0.25, -0.2) is 0 Å². The summed E-state index contributed by atoms with van der Waals surface area (Å²) in [6.45, 7) is 6.03. The zero-order valence-electron chi connectivity index (χ0n) is 11.3. The first-order valence-electron chi connectivity index (χ1n) is 6.06. The van der Waals surface area contributed by atoms with Crippen molar-refractivity contribution < 1.29 is 5.11 Å². The van der Waals surface area contributed by atoms with Crippen LogP contribution in [-0.2, 0) is 5.54 Å². The van der Waals surface area contributed by atoms with E-state index in [9.17, 15) is 5.11 Å². The van der Waals surface area contributed by atoms with Crippen molar-refractivity contribution >= 4 is 0 Å². The van der Waals surface area contributed by atoms with Crippen LogP contribution < -0.4 is 5.32 Å². The third kappa shape index (κ3) is 4.11. The van der Waals surface area contributed by atoms with E-state index in [1.807, 2.05) is 27.1 Å². The summed E-state index contributed by atoms with van der Waals surface area (Å²) < 4.78 is 0. The number of benzene rings is 1. The number of nitrogens with zero attached hydrogens (tertiary/aromatic N) is 1. The number of likely N-dealkylation sites (N-methyl/N-ethyl adjacent to an activating group) is 1. The van der Waals surface area contributed by atoms with Gasteiger partial charge in [0.05, 0.1) is 12.1 Å². The van der Waals surface area contributed by atoms with E-state index < -0.39 is 0 Å². The Kier molecular flexibility index (Phi) is 5.12. The fraction of sp³-hybridized carbons (Fsp3) is 0.571. The zero-order valence-corrected chi connectivity index (χ0v) is 11.3. The second-order valence-electron chi connectivity index (χ2n) is 5.09. The maximum absolute atomic E-state index is 9.62. The van der Waals surface area contributed by atoms with E-state index in [1.165, 1.54) is 5.56 Å². The molecular weight excluding hydrogens is 212 g/mol. The summed E-state index contributed by atoms with van der Waals surface area (Å²) in [6.07, 6.45) is 0. The lowest BCUT2D eigenvalue weighted by atomic mass is 9.91. The molecule has 96 valence electrons. The summed E-state index contributed by atoms with van der Waals surface area (Å²) in [5, 5.41) is 13.0. The van der Waals surface area contributed by atoms with Crippen LogP contribution in [-0.4, -0.2) is 43.8 Å². The number of hydrogen-bond donors (Lipinski definition) is 2. The van der Waals surface area contributed by atoms with E-state index in [0.29, 0.717) is 0 Å². The Morgan fingerprint density at radius 3 is 2.59 bits per heavy atom. The monoisotopic (exact) mass is 236 g/mol. The Morgan fingerprint density at radius 2 is 2.06 bits per heavy atom. The van der Waals surface area contributed by atoms with Crippen LogP contribution in [0.3, 0.4) is 0 Å². The Morgan fingerprint density at radius 1 is 1.35 bits per heavy atom. The summed E-state index contributed by atoms with van der Waals surface area (Å²) in [4.78, 5) is 2.13. The van der Waals surface area contributed by atoms with E-state index >= 15 is 0 Å². The van der Waals surface area contributed by atoms with E-state index in [2.05, 4.69) is 35.3 Å². The molecule has 0 aromatic heterocycles. The van der Waals surface area contributed by atoms with Crippen molar-refractivity contribution in [3.63, 3.8) is 0 Å². The summed E-state index contributed by atoms with van der Waals surface area (Å²) in [5.41, 5.74) is 2.00. The van der Waals surface area contributed by atoms with Crippen molar-refractivity contribution in [3.8, 4) is 0 Å². The van der Waals surface area contributed by atoms with Gasteiger partial charge in [-0.05, 0) is 33.5 Å². The van der Waals surface area contributed by atoms with Gasteiger partial charge in [-0.2, -0.15) is 0 Å². The lowest BCUT2D eigenvalue weighted by molar-refractivity contribution is 0.172. The van der Waals surface area contributed by atoms with Crippen LogP contribution in [0.25, 0.3) is 0 Å². The fourth-order valence-corrected chi connectivity index (χ4v) is 1.79. The molecule has 0 aliphatic heterocycles. The highest BCUT2D eigenvalue weighted by molar-refractivity contribution is 5.28. The second-order valence-corrected chi connectivity index (χ2v) is 5.09. The van der Waals surface area contributed by atoms with E-state index in [4.69, 9.17) is 0 Å². The molecule has 1 unspecified atom stereocenters. The van der Waals surface area contributed by atoms with Gasteiger partial charge in [0.1, 0.15) is 0 Å². The van der Waals surface area contributed by atoms with Crippen LogP contribution in [0, 0.1) is 6.92 Å². The summed E-state index contributed by atoms with van der Waals surface area (Å²) in [6, 6.07) is 8.29. The van der Waals surface area contributed by atoms with Gasteiger partial charge in [0, 0.05) is 13.1 Å².